The summed E-state index contributed by atoms with van der Waals surface area (Å²) >= 11 is 3.23. The number of rotatable bonds is 4. The summed E-state index contributed by atoms with van der Waals surface area (Å²) in [5.74, 6) is -0.658. The van der Waals surface area contributed by atoms with Gasteiger partial charge >= 0.3 is 0 Å². The van der Waals surface area contributed by atoms with Crippen LogP contribution in [0.2, 0.25) is 0 Å². The highest BCUT2D eigenvalue weighted by molar-refractivity contribution is 9.10. The summed E-state index contributed by atoms with van der Waals surface area (Å²) in [6.45, 7) is 2.49. The third-order valence-electron chi connectivity index (χ3n) is 2.99. The molecule has 1 saturated heterocycles. The van der Waals surface area contributed by atoms with E-state index in [1.54, 1.807) is 0 Å². The molecule has 1 atom stereocenters. The Morgan fingerprint density at radius 2 is 2.25 bits per heavy atom. The molecule has 1 aromatic rings. The number of hydrogen-bond acceptors (Lipinski definition) is 5. The quantitative estimate of drug-likeness (QED) is 0.783. The summed E-state index contributed by atoms with van der Waals surface area (Å²) in [4.78, 5) is 34.7. The highest BCUT2D eigenvalue weighted by atomic mass is 79.9. The van der Waals surface area contributed by atoms with Crippen molar-refractivity contribution in [2.75, 3.05) is 5.32 Å². The lowest BCUT2D eigenvalue weighted by molar-refractivity contribution is -0.133. The van der Waals surface area contributed by atoms with Gasteiger partial charge in [-0.15, -0.1) is 0 Å². The highest BCUT2D eigenvalue weighted by Crippen LogP contribution is 2.19. The zero-order valence-electron chi connectivity index (χ0n) is 11.0. The van der Waals surface area contributed by atoms with Crippen molar-refractivity contribution in [3.63, 3.8) is 0 Å². The lowest BCUT2D eigenvalue weighted by Crippen LogP contribution is -2.47. The SMILES string of the molecule is CCCn1ncc(NC2CCC(=O)NC2=O)c(Br)c1=O. The zero-order valence-corrected chi connectivity index (χ0v) is 12.6. The van der Waals surface area contributed by atoms with Crippen LogP contribution in [-0.2, 0) is 16.1 Å². The lowest BCUT2D eigenvalue weighted by Gasteiger charge is -2.23. The molecular weight excluding hydrogens is 328 g/mol. The first-order valence-electron chi connectivity index (χ1n) is 6.38. The number of carbonyl (C=O) groups is 2. The standard InChI is InChI=1S/C12H15BrN4O3/c1-2-5-17-12(20)10(13)8(6-14-17)15-7-3-4-9(18)16-11(7)19/h6-7,15H,2-5H2,1H3,(H,16,18,19). The van der Waals surface area contributed by atoms with Crippen molar-refractivity contribution in [3.05, 3.63) is 21.0 Å². The minimum atomic E-state index is -0.535. The van der Waals surface area contributed by atoms with Crippen LogP contribution >= 0.6 is 15.9 Å². The van der Waals surface area contributed by atoms with Crippen LogP contribution < -0.4 is 16.2 Å². The monoisotopic (exact) mass is 342 g/mol. The molecule has 108 valence electrons. The fraction of sp³-hybridized carbons (Fsp3) is 0.500. The van der Waals surface area contributed by atoms with Crippen LogP contribution in [0.15, 0.2) is 15.5 Å². The van der Waals surface area contributed by atoms with Crippen LogP contribution in [0, 0.1) is 0 Å². The van der Waals surface area contributed by atoms with E-state index in [4.69, 9.17) is 0 Å². The van der Waals surface area contributed by atoms with Crippen LogP contribution in [0.5, 0.6) is 0 Å². The van der Waals surface area contributed by atoms with E-state index in [0.29, 0.717) is 23.1 Å². The fourth-order valence-electron chi connectivity index (χ4n) is 1.96. The number of aromatic nitrogens is 2. The first-order valence-corrected chi connectivity index (χ1v) is 7.18. The van der Waals surface area contributed by atoms with Crippen molar-refractivity contribution < 1.29 is 9.59 Å². The predicted octanol–water partition coefficient (Wildman–Crippen LogP) is 0.633. The topological polar surface area (TPSA) is 93.1 Å². The number of aryl methyl sites for hydroxylation is 1. The van der Waals surface area contributed by atoms with Gasteiger partial charge in [0.25, 0.3) is 5.56 Å². The summed E-state index contributed by atoms with van der Waals surface area (Å²) in [6, 6.07) is -0.535. The second-order valence-electron chi connectivity index (χ2n) is 4.55. The maximum Gasteiger partial charge on any atom is 0.283 e. The maximum atomic E-state index is 12.0. The summed E-state index contributed by atoms with van der Waals surface area (Å²) in [5.41, 5.74) is 0.209. The van der Waals surface area contributed by atoms with E-state index < -0.39 is 6.04 Å². The molecule has 0 spiro atoms. The van der Waals surface area contributed by atoms with Crippen LogP contribution in [0.1, 0.15) is 26.2 Å². The summed E-state index contributed by atoms with van der Waals surface area (Å²) < 4.78 is 1.70. The van der Waals surface area contributed by atoms with Crippen molar-refractivity contribution in [2.24, 2.45) is 0 Å². The van der Waals surface area contributed by atoms with Crippen molar-refractivity contribution in [1.82, 2.24) is 15.1 Å². The molecule has 1 aliphatic heterocycles. The van der Waals surface area contributed by atoms with Crippen LogP contribution in [0.25, 0.3) is 0 Å². The Hall–Kier alpha value is -1.70. The molecule has 1 aromatic heterocycles. The normalized spacial score (nSPS) is 18.8. The molecule has 1 aliphatic rings. The van der Waals surface area contributed by atoms with Gasteiger partial charge in [0.15, 0.2) is 0 Å². The smallest absolute Gasteiger partial charge is 0.283 e. The number of nitrogens with one attached hydrogen (secondary N) is 2. The van der Waals surface area contributed by atoms with Gasteiger partial charge in [-0.25, -0.2) is 4.68 Å². The molecule has 8 heteroatoms. The number of imide groups is 1. The average molecular weight is 343 g/mol. The number of nitrogens with zero attached hydrogens (tertiary/aromatic N) is 2. The van der Waals surface area contributed by atoms with Gasteiger partial charge in [0, 0.05) is 13.0 Å². The molecule has 2 amide bonds. The summed E-state index contributed by atoms with van der Waals surface area (Å²) in [7, 11) is 0. The van der Waals surface area contributed by atoms with Crippen molar-refractivity contribution in [2.45, 2.75) is 38.8 Å². The number of anilines is 1. The van der Waals surface area contributed by atoms with E-state index in [9.17, 15) is 14.4 Å². The Bertz CT molecular complexity index is 599. The molecule has 1 unspecified atom stereocenters. The molecule has 0 radical (unpaired) electrons. The van der Waals surface area contributed by atoms with Crippen LogP contribution in [0.4, 0.5) is 5.69 Å². The molecule has 0 saturated carbocycles. The molecule has 0 aliphatic carbocycles. The number of halogens is 1. The third kappa shape index (κ3) is 3.06. The van der Waals surface area contributed by atoms with Gasteiger partial charge in [0.2, 0.25) is 11.8 Å². The fourth-order valence-corrected chi connectivity index (χ4v) is 2.38. The van der Waals surface area contributed by atoms with Gasteiger partial charge < -0.3 is 5.32 Å². The van der Waals surface area contributed by atoms with Gasteiger partial charge in [0.05, 0.1) is 11.9 Å². The average Bonchev–Trinajstić information content (AvgIpc) is 2.41. The van der Waals surface area contributed by atoms with Gasteiger partial charge in [-0.2, -0.15) is 5.10 Å². The molecule has 0 aromatic carbocycles. The van der Waals surface area contributed by atoms with Crippen molar-refractivity contribution >= 4 is 33.4 Å². The van der Waals surface area contributed by atoms with Gasteiger partial charge in [-0.1, -0.05) is 6.92 Å². The largest absolute Gasteiger partial charge is 0.371 e. The van der Waals surface area contributed by atoms with E-state index in [1.807, 2.05) is 6.92 Å². The second-order valence-corrected chi connectivity index (χ2v) is 5.34. The maximum absolute atomic E-state index is 12.0. The minimum Gasteiger partial charge on any atom is -0.371 e. The van der Waals surface area contributed by atoms with E-state index in [1.165, 1.54) is 10.9 Å². The third-order valence-corrected chi connectivity index (χ3v) is 3.76. The van der Waals surface area contributed by atoms with Crippen molar-refractivity contribution in [1.29, 1.82) is 0 Å². The van der Waals surface area contributed by atoms with E-state index in [0.717, 1.165) is 6.42 Å². The molecule has 20 heavy (non-hydrogen) atoms. The van der Waals surface area contributed by atoms with Crippen LogP contribution in [0.3, 0.4) is 0 Å². The van der Waals surface area contributed by atoms with E-state index >= 15 is 0 Å². The van der Waals surface area contributed by atoms with Gasteiger partial charge in [-0.3, -0.25) is 19.7 Å². The number of amides is 2. The molecule has 7 nitrogen and oxygen atoms in total. The Kier molecular flexibility index (Phi) is 4.53. The summed E-state index contributed by atoms with van der Waals surface area (Å²) in [5, 5.41) is 9.25. The molecular formula is C12H15BrN4O3. The van der Waals surface area contributed by atoms with Gasteiger partial charge in [0.1, 0.15) is 10.5 Å². The molecule has 2 heterocycles. The molecule has 1 fully saturated rings. The summed E-state index contributed by atoms with van der Waals surface area (Å²) in [6.07, 6.45) is 2.99. The number of piperidine rings is 1. The van der Waals surface area contributed by atoms with Crippen molar-refractivity contribution in [3.8, 4) is 0 Å². The Morgan fingerprint density at radius 1 is 1.50 bits per heavy atom. The Labute approximate surface area is 123 Å². The highest BCUT2D eigenvalue weighted by Gasteiger charge is 2.27. The Balaban J connectivity index is 2.18. The zero-order chi connectivity index (χ0) is 14.7. The van der Waals surface area contributed by atoms with Gasteiger partial charge in [-0.05, 0) is 28.8 Å². The minimum absolute atomic E-state index is 0.246. The lowest BCUT2D eigenvalue weighted by atomic mass is 10.1. The Morgan fingerprint density at radius 3 is 2.90 bits per heavy atom. The second kappa shape index (κ2) is 6.17. The number of carbonyl (C=O) groups excluding carboxylic acids is 2. The predicted molar refractivity (Wildman–Crippen MR) is 76.3 cm³/mol. The van der Waals surface area contributed by atoms with Crippen LogP contribution in [-0.4, -0.2) is 27.6 Å². The van der Waals surface area contributed by atoms with E-state index in [2.05, 4.69) is 31.7 Å². The molecule has 2 rings (SSSR count). The first-order chi connectivity index (χ1) is 9.52. The van der Waals surface area contributed by atoms with E-state index in [-0.39, 0.29) is 23.8 Å². The number of hydrogen-bond donors (Lipinski definition) is 2. The molecule has 0 bridgehead atoms. The molecule has 2 N–H and O–H groups in total. The first kappa shape index (κ1) is 14.7.